The number of aliphatic hydroxyl groups excluding tert-OH is 1. The lowest BCUT2D eigenvalue weighted by Crippen LogP contribution is -2.30. The lowest BCUT2D eigenvalue weighted by atomic mass is 10.0. The van der Waals surface area contributed by atoms with Gasteiger partial charge in [0, 0.05) is 25.7 Å². The number of phosphoric ester groups is 2. The molecule has 0 aromatic rings. The molecule has 2 unspecified atom stereocenters. The molecule has 0 saturated carbocycles. The van der Waals surface area contributed by atoms with Gasteiger partial charge in [-0.2, -0.15) is 0 Å². The van der Waals surface area contributed by atoms with Crippen molar-refractivity contribution in [3.05, 3.63) is 0 Å². The fourth-order valence-electron chi connectivity index (χ4n) is 11.0. The highest BCUT2D eigenvalue weighted by Gasteiger charge is 2.30. The molecule has 0 aromatic heterocycles. The molecule has 0 radical (unpaired) electrons. The van der Waals surface area contributed by atoms with Crippen LogP contribution in [0.25, 0.3) is 0 Å². The topological polar surface area (TPSA) is 237 Å². The van der Waals surface area contributed by atoms with Gasteiger partial charge in [0.25, 0.3) is 0 Å². The summed E-state index contributed by atoms with van der Waals surface area (Å²) >= 11 is 0. The maximum absolute atomic E-state index is 13.0. The fourth-order valence-corrected chi connectivity index (χ4v) is 12.6. The Hall–Kier alpha value is -1.94. The number of aliphatic hydroxyl groups is 1. The molecule has 5 atom stereocenters. The molecular weight excluding hydrogens is 1200 g/mol. The summed E-state index contributed by atoms with van der Waals surface area (Å²) in [7, 11) is -9.89. The summed E-state index contributed by atoms with van der Waals surface area (Å²) in [5, 5.41) is 10.6. The van der Waals surface area contributed by atoms with Crippen LogP contribution in [0.5, 0.6) is 0 Å². The van der Waals surface area contributed by atoms with Gasteiger partial charge in [0.2, 0.25) is 0 Å². The molecule has 0 aromatic carbocycles. The molecule has 91 heavy (non-hydrogen) atoms. The Morgan fingerprint density at radius 1 is 0.264 bits per heavy atom. The molecule has 0 fully saturated rings. The first-order valence-corrected chi connectivity index (χ1v) is 40.8. The standard InChI is InChI=1S/C72H140O17P2/c1-5-9-13-17-21-25-28-30-31-32-33-34-35-36-38-40-43-47-51-55-59-72(77)89-68(63-83-70(75)57-53-49-45-42-39-37-29-26-22-18-14-10-6-2)65-87-91(80,81)85-61-66(73)60-84-90(78,79)86-64-67(62-82-69(74)56-52-48-44-24-20-16-12-8-4)88-71(76)58-54-50-46-41-27-23-19-15-11-7-3/h66-68,73H,5-65H2,1-4H3,(H,78,79)(H,80,81)/t66-,67+,68+/m0/s1. The van der Waals surface area contributed by atoms with Crippen molar-refractivity contribution >= 4 is 39.5 Å². The number of carbonyl (C=O) groups is 4. The zero-order valence-corrected chi connectivity index (χ0v) is 60.6. The number of unbranched alkanes of at least 4 members (excludes halogenated alkanes) is 47. The second-order valence-electron chi connectivity index (χ2n) is 26.0. The Morgan fingerprint density at radius 3 is 0.648 bits per heavy atom. The van der Waals surface area contributed by atoms with Crippen molar-refractivity contribution < 1.29 is 80.2 Å². The van der Waals surface area contributed by atoms with Crippen molar-refractivity contribution in [2.24, 2.45) is 0 Å². The predicted octanol–water partition coefficient (Wildman–Crippen LogP) is 21.1. The van der Waals surface area contributed by atoms with Gasteiger partial charge in [-0.3, -0.25) is 37.3 Å². The molecule has 0 rings (SSSR count). The van der Waals surface area contributed by atoms with E-state index in [0.29, 0.717) is 25.7 Å². The molecular formula is C72H140O17P2. The van der Waals surface area contributed by atoms with E-state index in [0.717, 1.165) is 96.3 Å². The van der Waals surface area contributed by atoms with Gasteiger partial charge in [-0.1, -0.05) is 329 Å². The Kier molecular flexibility index (Phi) is 65.2. The summed E-state index contributed by atoms with van der Waals surface area (Å²) in [6.07, 6.45) is 55.6. The van der Waals surface area contributed by atoms with Crippen molar-refractivity contribution in [3.63, 3.8) is 0 Å². The second-order valence-corrected chi connectivity index (χ2v) is 28.9. The molecule has 0 heterocycles. The van der Waals surface area contributed by atoms with Crippen LogP contribution in [0.4, 0.5) is 0 Å². The number of hydrogen-bond acceptors (Lipinski definition) is 15. The summed E-state index contributed by atoms with van der Waals surface area (Å²) in [5.74, 6) is -2.12. The van der Waals surface area contributed by atoms with Crippen molar-refractivity contribution in [3.8, 4) is 0 Å². The van der Waals surface area contributed by atoms with Gasteiger partial charge >= 0.3 is 39.5 Å². The minimum atomic E-state index is -4.95. The van der Waals surface area contributed by atoms with Gasteiger partial charge in [0.15, 0.2) is 12.2 Å². The van der Waals surface area contributed by atoms with E-state index < -0.39 is 97.5 Å². The Labute approximate surface area is 556 Å². The van der Waals surface area contributed by atoms with E-state index >= 15 is 0 Å². The van der Waals surface area contributed by atoms with Gasteiger partial charge < -0.3 is 33.8 Å². The minimum Gasteiger partial charge on any atom is -0.462 e. The van der Waals surface area contributed by atoms with E-state index in [-0.39, 0.29) is 25.7 Å². The normalized spacial score (nSPS) is 14.0. The third kappa shape index (κ3) is 66.5. The maximum atomic E-state index is 13.0. The molecule has 17 nitrogen and oxygen atoms in total. The quantitative estimate of drug-likeness (QED) is 0.0222. The van der Waals surface area contributed by atoms with Crippen LogP contribution in [-0.2, 0) is 65.4 Å². The van der Waals surface area contributed by atoms with Crippen LogP contribution in [0.2, 0.25) is 0 Å². The molecule has 0 saturated heterocycles. The lowest BCUT2D eigenvalue weighted by Gasteiger charge is -2.21. The number of phosphoric acid groups is 2. The summed E-state index contributed by atoms with van der Waals surface area (Å²) in [6.45, 7) is 4.92. The zero-order valence-electron chi connectivity index (χ0n) is 58.8. The molecule has 3 N–H and O–H groups in total. The van der Waals surface area contributed by atoms with Gasteiger partial charge in [-0.05, 0) is 25.7 Å². The highest BCUT2D eigenvalue weighted by Crippen LogP contribution is 2.45. The van der Waals surface area contributed by atoms with Crippen LogP contribution in [0.3, 0.4) is 0 Å². The van der Waals surface area contributed by atoms with Crippen molar-refractivity contribution in [2.45, 2.75) is 399 Å². The van der Waals surface area contributed by atoms with E-state index in [1.807, 2.05) is 0 Å². The molecule has 0 aliphatic heterocycles. The minimum absolute atomic E-state index is 0.107. The van der Waals surface area contributed by atoms with Crippen LogP contribution in [0.15, 0.2) is 0 Å². The first-order valence-electron chi connectivity index (χ1n) is 37.8. The number of esters is 4. The van der Waals surface area contributed by atoms with Crippen LogP contribution >= 0.6 is 15.6 Å². The third-order valence-corrected chi connectivity index (χ3v) is 18.8. The molecule has 540 valence electrons. The first kappa shape index (κ1) is 89.1. The molecule has 0 aliphatic carbocycles. The van der Waals surface area contributed by atoms with Crippen LogP contribution in [0, 0.1) is 0 Å². The van der Waals surface area contributed by atoms with Crippen molar-refractivity contribution in [1.82, 2.24) is 0 Å². The Bertz CT molecular complexity index is 1740. The maximum Gasteiger partial charge on any atom is 0.472 e. The number of hydrogen-bond donors (Lipinski definition) is 3. The van der Waals surface area contributed by atoms with Crippen LogP contribution < -0.4 is 0 Å². The average Bonchev–Trinajstić information content (AvgIpc) is 3.54. The number of ether oxygens (including phenoxy) is 4. The van der Waals surface area contributed by atoms with E-state index in [9.17, 15) is 43.2 Å². The summed E-state index contributed by atoms with van der Waals surface area (Å²) in [5.41, 5.74) is 0. The van der Waals surface area contributed by atoms with Gasteiger partial charge in [0.1, 0.15) is 19.3 Å². The van der Waals surface area contributed by atoms with E-state index in [1.54, 1.807) is 0 Å². The summed E-state index contributed by atoms with van der Waals surface area (Å²) in [6, 6.07) is 0. The summed E-state index contributed by atoms with van der Waals surface area (Å²) < 4.78 is 68.2. The van der Waals surface area contributed by atoms with Crippen LogP contribution in [0.1, 0.15) is 381 Å². The lowest BCUT2D eigenvalue weighted by molar-refractivity contribution is -0.161. The Morgan fingerprint density at radius 2 is 0.440 bits per heavy atom. The van der Waals surface area contributed by atoms with Crippen molar-refractivity contribution in [2.75, 3.05) is 39.6 Å². The fraction of sp³-hybridized carbons (Fsp3) is 0.944. The molecule has 0 aliphatic rings. The Balaban J connectivity index is 5.17. The molecule has 0 spiro atoms. The van der Waals surface area contributed by atoms with Gasteiger partial charge in [0.05, 0.1) is 26.4 Å². The second kappa shape index (κ2) is 66.7. The van der Waals surface area contributed by atoms with E-state index in [2.05, 4.69) is 27.7 Å². The highest BCUT2D eigenvalue weighted by atomic mass is 31.2. The monoisotopic (exact) mass is 1340 g/mol. The predicted molar refractivity (Wildman–Crippen MR) is 368 cm³/mol. The zero-order chi connectivity index (χ0) is 66.8. The highest BCUT2D eigenvalue weighted by molar-refractivity contribution is 7.47. The van der Waals surface area contributed by atoms with Gasteiger partial charge in [-0.25, -0.2) is 9.13 Å². The third-order valence-electron chi connectivity index (χ3n) is 16.9. The molecule has 19 heteroatoms. The molecule has 0 amide bonds. The van der Waals surface area contributed by atoms with E-state index in [1.165, 1.54) is 205 Å². The van der Waals surface area contributed by atoms with Crippen molar-refractivity contribution in [1.29, 1.82) is 0 Å². The largest absolute Gasteiger partial charge is 0.472 e. The van der Waals surface area contributed by atoms with Crippen LogP contribution in [-0.4, -0.2) is 96.7 Å². The average molecular weight is 1340 g/mol. The van der Waals surface area contributed by atoms with Gasteiger partial charge in [-0.15, -0.1) is 0 Å². The van der Waals surface area contributed by atoms with E-state index in [4.69, 9.17) is 37.0 Å². The number of carbonyl (C=O) groups excluding carboxylic acids is 4. The first-order chi connectivity index (χ1) is 44.2. The SMILES string of the molecule is CCCCCCCCCCCCCCCCCCCCCCC(=O)O[C@H](COC(=O)CCCCCCCCCCCCCCC)COP(=O)(O)OC[C@@H](O)COP(=O)(O)OC[C@@H](COC(=O)CCCCCCCCCC)OC(=O)CCCCCCCCCCCC. The number of rotatable bonds is 73. The summed E-state index contributed by atoms with van der Waals surface area (Å²) in [4.78, 5) is 72.5. The smallest absolute Gasteiger partial charge is 0.462 e. The molecule has 0 bridgehead atoms.